The molecule has 0 heterocycles. The Hall–Kier alpha value is -0.870. The Morgan fingerprint density at radius 1 is 1.44 bits per heavy atom. The second-order valence-electron chi connectivity index (χ2n) is 3.19. The molecule has 1 rings (SSSR count). The lowest BCUT2D eigenvalue weighted by Crippen LogP contribution is -2.18. The van der Waals surface area contributed by atoms with Crippen LogP contribution in [0.3, 0.4) is 0 Å². The molecule has 0 saturated heterocycles. The lowest BCUT2D eigenvalue weighted by Gasteiger charge is -2.17. The number of hydrogen-bond acceptors (Lipinski definition) is 3. The highest BCUT2D eigenvalue weighted by Gasteiger charge is 2.23. The first-order valence-corrected chi connectivity index (χ1v) is 6.19. The summed E-state index contributed by atoms with van der Waals surface area (Å²) in [4.78, 5) is 11.6. The zero-order valence-corrected chi connectivity index (χ0v) is 11.0. The summed E-state index contributed by atoms with van der Waals surface area (Å²) in [5.74, 6) is -0.366. The van der Waals surface area contributed by atoms with E-state index < -0.39 is 6.10 Å². The fraction of sp³-hybridized carbons (Fsp3) is 0.417. The predicted molar refractivity (Wildman–Crippen MR) is 65.5 cm³/mol. The van der Waals surface area contributed by atoms with Crippen LogP contribution in [0.2, 0.25) is 0 Å². The van der Waals surface area contributed by atoms with E-state index in [1.807, 2.05) is 31.2 Å². The number of hydrogen-bond donors (Lipinski definition) is 0. The lowest BCUT2D eigenvalue weighted by atomic mass is 10.0. The van der Waals surface area contributed by atoms with E-state index >= 15 is 0 Å². The second-order valence-corrected chi connectivity index (χ2v) is 3.75. The molecule has 0 bridgehead atoms. The van der Waals surface area contributed by atoms with Gasteiger partial charge in [0.15, 0.2) is 6.10 Å². The highest BCUT2D eigenvalue weighted by molar-refractivity contribution is 9.08. The zero-order chi connectivity index (χ0) is 12.0. The number of carbonyl (C=O) groups is 1. The summed E-state index contributed by atoms with van der Waals surface area (Å²) in [6.07, 6.45) is -0.635. The van der Waals surface area contributed by atoms with Crippen molar-refractivity contribution in [2.75, 3.05) is 13.7 Å². The van der Waals surface area contributed by atoms with Crippen LogP contribution in [0.15, 0.2) is 24.3 Å². The van der Waals surface area contributed by atoms with Crippen LogP contribution in [0.25, 0.3) is 0 Å². The molecule has 1 aromatic carbocycles. The monoisotopic (exact) mass is 286 g/mol. The molecule has 0 radical (unpaired) electrons. The fourth-order valence-electron chi connectivity index (χ4n) is 1.47. The maximum absolute atomic E-state index is 11.6. The summed E-state index contributed by atoms with van der Waals surface area (Å²) in [5, 5.41) is 0.684. The lowest BCUT2D eigenvalue weighted by molar-refractivity contribution is -0.154. The van der Waals surface area contributed by atoms with Gasteiger partial charge in [-0.1, -0.05) is 40.2 Å². The van der Waals surface area contributed by atoms with Crippen molar-refractivity contribution in [2.45, 2.75) is 18.4 Å². The van der Waals surface area contributed by atoms with Crippen molar-refractivity contribution in [1.29, 1.82) is 0 Å². The van der Waals surface area contributed by atoms with Crippen LogP contribution in [0.5, 0.6) is 0 Å². The molecule has 1 unspecified atom stereocenters. The third-order valence-corrected chi connectivity index (χ3v) is 2.83. The van der Waals surface area contributed by atoms with Gasteiger partial charge in [0.05, 0.1) is 7.11 Å². The summed E-state index contributed by atoms with van der Waals surface area (Å²) in [7, 11) is 1.37. The maximum Gasteiger partial charge on any atom is 0.339 e. The first-order chi connectivity index (χ1) is 7.74. The highest BCUT2D eigenvalue weighted by atomic mass is 79.9. The van der Waals surface area contributed by atoms with E-state index in [0.29, 0.717) is 11.9 Å². The van der Waals surface area contributed by atoms with E-state index in [4.69, 9.17) is 9.47 Å². The molecule has 0 N–H and O–H groups in total. The largest absolute Gasteiger partial charge is 0.467 e. The van der Waals surface area contributed by atoms with Crippen LogP contribution in [0, 0.1) is 0 Å². The number of esters is 1. The molecule has 0 amide bonds. The van der Waals surface area contributed by atoms with E-state index in [1.54, 1.807) is 0 Å². The SMILES string of the molecule is CCOC(C(=O)OC)c1ccccc1CBr. The first-order valence-electron chi connectivity index (χ1n) is 5.07. The Morgan fingerprint density at radius 3 is 2.69 bits per heavy atom. The van der Waals surface area contributed by atoms with E-state index in [1.165, 1.54) is 7.11 Å². The molecular weight excluding hydrogens is 272 g/mol. The number of rotatable bonds is 5. The van der Waals surface area contributed by atoms with E-state index in [-0.39, 0.29) is 5.97 Å². The Bertz CT molecular complexity index is 352. The van der Waals surface area contributed by atoms with Crippen LogP contribution < -0.4 is 0 Å². The molecule has 0 aliphatic carbocycles. The van der Waals surface area contributed by atoms with Crippen molar-refractivity contribution in [2.24, 2.45) is 0 Å². The van der Waals surface area contributed by atoms with E-state index in [2.05, 4.69) is 15.9 Å². The van der Waals surface area contributed by atoms with Crippen molar-refractivity contribution in [3.8, 4) is 0 Å². The summed E-state index contributed by atoms with van der Waals surface area (Å²) in [5.41, 5.74) is 1.89. The standard InChI is InChI=1S/C12H15BrO3/c1-3-16-11(12(14)15-2)10-7-5-4-6-9(10)8-13/h4-7,11H,3,8H2,1-2H3. The average molecular weight is 287 g/mol. The number of benzene rings is 1. The van der Waals surface area contributed by atoms with Gasteiger partial charge in [0, 0.05) is 11.9 Å². The fourth-order valence-corrected chi connectivity index (χ4v) is 1.98. The summed E-state index contributed by atoms with van der Waals surface area (Å²) < 4.78 is 10.2. The molecule has 0 aromatic heterocycles. The van der Waals surface area contributed by atoms with E-state index in [0.717, 1.165) is 11.1 Å². The van der Waals surface area contributed by atoms with Crippen molar-refractivity contribution in [3.05, 3.63) is 35.4 Å². The molecule has 0 saturated carbocycles. The summed E-state index contributed by atoms with van der Waals surface area (Å²) >= 11 is 3.39. The van der Waals surface area contributed by atoms with Crippen LogP contribution in [0.1, 0.15) is 24.2 Å². The number of alkyl halides is 1. The van der Waals surface area contributed by atoms with Gasteiger partial charge in [0.25, 0.3) is 0 Å². The smallest absolute Gasteiger partial charge is 0.339 e. The third-order valence-electron chi connectivity index (χ3n) is 2.23. The zero-order valence-electron chi connectivity index (χ0n) is 9.40. The topological polar surface area (TPSA) is 35.5 Å². The molecule has 88 valence electrons. The molecule has 0 fully saturated rings. The van der Waals surface area contributed by atoms with Gasteiger partial charge in [-0.05, 0) is 18.1 Å². The van der Waals surface area contributed by atoms with Crippen molar-refractivity contribution in [3.63, 3.8) is 0 Å². The van der Waals surface area contributed by atoms with Crippen LogP contribution in [0.4, 0.5) is 0 Å². The van der Waals surface area contributed by atoms with Gasteiger partial charge in [-0.25, -0.2) is 4.79 Å². The predicted octanol–water partition coefficient (Wildman–Crippen LogP) is 2.83. The summed E-state index contributed by atoms with van der Waals surface area (Å²) in [6, 6.07) is 7.66. The van der Waals surface area contributed by atoms with Gasteiger partial charge in [0.2, 0.25) is 0 Å². The number of carbonyl (C=O) groups excluding carboxylic acids is 1. The molecule has 0 aliphatic rings. The molecule has 0 aliphatic heterocycles. The Balaban J connectivity index is 3.04. The highest BCUT2D eigenvalue weighted by Crippen LogP contribution is 2.24. The van der Waals surface area contributed by atoms with Crippen LogP contribution in [-0.2, 0) is 19.6 Å². The minimum Gasteiger partial charge on any atom is -0.467 e. The van der Waals surface area contributed by atoms with E-state index in [9.17, 15) is 4.79 Å². The van der Waals surface area contributed by atoms with Gasteiger partial charge in [-0.15, -0.1) is 0 Å². The van der Waals surface area contributed by atoms with Gasteiger partial charge in [-0.3, -0.25) is 0 Å². The van der Waals surface area contributed by atoms with Gasteiger partial charge in [0.1, 0.15) is 0 Å². The molecule has 0 spiro atoms. The Kier molecular flexibility index (Phi) is 5.49. The molecule has 16 heavy (non-hydrogen) atoms. The molecule has 1 atom stereocenters. The number of methoxy groups -OCH3 is 1. The van der Waals surface area contributed by atoms with Crippen molar-refractivity contribution < 1.29 is 14.3 Å². The normalized spacial score (nSPS) is 12.2. The van der Waals surface area contributed by atoms with Crippen molar-refractivity contribution >= 4 is 21.9 Å². The number of ether oxygens (including phenoxy) is 2. The minimum absolute atomic E-state index is 0.366. The molecular formula is C12H15BrO3. The van der Waals surface area contributed by atoms with Crippen LogP contribution >= 0.6 is 15.9 Å². The molecule has 4 heteroatoms. The summed E-state index contributed by atoms with van der Waals surface area (Å²) in [6.45, 7) is 2.32. The van der Waals surface area contributed by atoms with Crippen LogP contribution in [-0.4, -0.2) is 19.7 Å². The maximum atomic E-state index is 11.6. The molecule has 3 nitrogen and oxygen atoms in total. The van der Waals surface area contributed by atoms with Crippen molar-refractivity contribution in [1.82, 2.24) is 0 Å². The van der Waals surface area contributed by atoms with Gasteiger partial charge in [-0.2, -0.15) is 0 Å². The first kappa shape index (κ1) is 13.2. The quantitative estimate of drug-likeness (QED) is 0.617. The van der Waals surface area contributed by atoms with Gasteiger partial charge < -0.3 is 9.47 Å². The minimum atomic E-state index is -0.635. The van der Waals surface area contributed by atoms with Gasteiger partial charge >= 0.3 is 5.97 Å². The third kappa shape index (κ3) is 3.06. The molecule has 1 aromatic rings. The second kappa shape index (κ2) is 6.66. The average Bonchev–Trinajstić information content (AvgIpc) is 2.35. The Morgan fingerprint density at radius 2 is 2.12 bits per heavy atom. The Labute approximate surface area is 104 Å². The number of halogens is 1.